The summed E-state index contributed by atoms with van der Waals surface area (Å²) in [6, 6.07) is 2.78. The lowest BCUT2D eigenvalue weighted by Gasteiger charge is -2.16. The lowest BCUT2D eigenvalue weighted by Crippen LogP contribution is -2.28. The number of rotatable bonds is 7. The second-order valence-electron chi connectivity index (χ2n) is 7.32. The van der Waals surface area contributed by atoms with Gasteiger partial charge >= 0.3 is 0 Å². The molecule has 8 heteroatoms. The summed E-state index contributed by atoms with van der Waals surface area (Å²) in [5.74, 6) is -0.207. The summed E-state index contributed by atoms with van der Waals surface area (Å²) >= 11 is 3.49. The summed E-state index contributed by atoms with van der Waals surface area (Å²) in [6.07, 6.45) is 1.71. The van der Waals surface area contributed by atoms with E-state index in [9.17, 15) is 9.59 Å². The molecule has 0 aliphatic carbocycles. The highest BCUT2D eigenvalue weighted by Gasteiger charge is 2.20. The Bertz CT molecular complexity index is 836. The SMILES string of the molecule is CCNC(=O)c1cc2c(Br)cn(C)c(=O)c2n1COCC[Si](C)(C)C. The number of aromatic nitrogens is 2. The van der Waals surface area contributed by atoms with Crippen molar-refractivity contribution in [2.45, 2.75) is 39.3 Å². The van der Waals surface area contributed by atoms with E-state index in [4.69, 9.17) is 4.74 Å². The Hall–Kier alpha value is -1.38. The Kier molecular flexibility index (Phi) is 6.29. The average molecular weight is 428 g/mol. The zero-order chi connectivity index (χ0) is 18.8. The Morgan fingerprint density at radius 1 is 1.36 bits per heavy atom. The Balaban J connectivity index is 2.44. The maximum absolute atomic E-state index is 12.6. The zero-order valence-corrected chi connectivity index (χ0v) is 18.1. The van der Waals surface area contributed by atoms with Gasteiger partial charge in [-0.05, 0) is 35.0 Å². The minimum atomic E-state index is -1.20. The van der Waals surface area contributed by atoms with Crippen LogP contribution >= 0.6 is 15.9 Å². The fraction of sp³-hybridized carbons (Fsp3) is 0.529. The summed E-state index contributed by atoms with van der Waals surface area (Å²) in [7, 11) is 0.499. The number of aryl methyl sites for hydroxylation is 1. The third-order valence-corrected chi connectivity index (χ3v) is 6.31. The van der Waals surface area contributed by atoms with Crippen LogP contribution < -0.4 is 10.9 Å². The number of amides is 1. The summed E-state index contributed by atoms with van der Waals surface area (Å²) in [6.45, 7) is 10.1. The third kappa shape index (κ3) is 4.62. The molecule has 0 atom stereocenters. The zero-order valence-electron chi connectivity index (χ0n) is 15.5. The van der Waals surface area contributed by atoms with Crippen molar-refractivity contribution in [1.29, 1.82) is 0 Å². The number of hydrogen-bond donors (Lipinski definition) is 1. The first kappa shape index (κ1) is 19.9. The van der Waals surface area contributed by atoms with Gasteiger partial charge in [-0.2, -0.15) is 0 Å². The fourth-order valence-corrected chi connectivity index (χ4v) is 3.90. The van der Waals surface area contributed by atoms with Crippen molar-refractivity contribution < 1.29 is 9.53 Å². The van der Waals surface area contributed by atoms with Crippen LogP contribution in [0.5, 0.6) is 0 Å². The first-order valence-corrected chi connectivity index (χ1v) is 12.9. The number of carbonyl (C=O) groups is 1. The van der Waals surface area contributed by atoms with Gasteiger partial charge in [-0.3, -0.25) is 9.59 Å². The largest absolute Gasteiger partial charge is 0.361 e. The van der Waals surface area contributed by atoms with E-state index in [1.54, 1.807) is 23.9 Å². The number of nitrogens with one attached hydrogen (secondary N) is 1. The van der Waals surface area contributed by atoms with E-state index in [1.165, 1.54) is 4.57 Å². The summed E-state index contributed by atoms with van der Waals surface area (Å²) in [4.78, 5) is 25.1. The van der Waals surface area contributed by atoms with Crippen LogP contribution in [0.15, 0.2) is 21.5 Å². The molecule has 2 heterocycles. The molecule has 0 aliphatic rings. The van der Waals surface area contributed by atoms with Gasteiger partial charge in [0, 0.05) is 44.3 Å². The van der Waals surface area contributed by atoms with Crippen LogP contribution in [-0.2, 0) is 18.5 Å². The molecule has 0 bridgehead atoms. The van der Waals surface area contributed by atoms with Gasteiger partial charge in [0.2, 0.25) is 0 Å². The van der Waals surface area contributed by atoms with Crippen LogP contribution in [0.3, 0.4) is 0 Å². The second-order valence-corrected chi connectivity index (χ2v) is 13.8. The van der Waals surface area contributed by atoms with E-state index in [1.807, 2.05) is 6.92 Å². The first-order chi connectivity index (χ1) is 11.7. The van der Waals surface area contributed by atoms with Crippen molar-refractivity contribution in [3.05, 3.63) is 32.8 Å². The van der Waals surface area contributed by atoms with Crippen LogP contribution in [-0.4, -0.2) is 36.3 Å². The molecule has 0 spiro atoms. The van der Waals surface area contributed by atoms with Crippen LogP contribution in [0.2, 0.25) is 25.7 Å². The van der Waals surface area contributed by atoms with Gasteiger partial charge in [0.1, 0.15) is 17.9 Å². The van der Waals surface area contributed by atoms with Gasteiger partial charge < -0.3 is 19.2 Å². The molecule has 25 heavy (non-hydrogen) atoms. The van der Waals surface area contributed by atoms with E-state index in [0.29, 0.717) is 24.4 Å². The first-order valence-electron chi connectivity index (χ1n) is 8.40. The topological polar surface area (TPSA) is 65.3 Å². The molecule has 6 nitrogen and oxygen atoms in total. The van der Waals surface area contributed by atoms with Crippen LogP contribution in [0, 0.1) is 0 Å². The third-order valence-electron chi connectivity index (χ3n) is 3.97. The quantitative estimate of drug-likeness (QED) is 0.544. The number of carbonyl (C=O) groups excluding carboxylic acids is 1. The number of fused-ring (bicyclic) bond motifs is 1. The maximum atomic E-state index is 12.6. The molecule has 138 valence electrons. The van der Waals surface area contributed by atoms with Gasteiger partial charge in [0.15, 0.2) is 0 Å². The highest BCUT2D eigenvalue weighted by molar-refractivity contribution is 9.10. The van der Waals surface area contributed by atoms with Crippen LogP contribution in [0.4, 0.5) is 0 Å². The predicted octanol–water partition coefficient (Wildman–Crippen LogP) is 3.16. The Morgan fingerprint density at radius 2 is 2.04 bits per heavy atom. The smallest absolute Gasteiger partial charge is 0.274 e. The van der Waals surface area contributed by atoms with E-state index >= 15 is 0 Å². The van der Waals surface area contributed by atoms with Crippen molar-refractivity contribution in [2.75, 3.05) is 13.2 Å². The summed E-state index contributed by atoms with van der Waals surface area (Å²) in [5.41, 5.74) is 0.766. The average Bonchev–Trinajstić information content (AvgIpc) is 2.89. The highest BCUT2D eigenvalue weighted by Crippen LogP contribution is 2.25. The van der Waals surface area contributed by atoms with E-state index in [-0.39, 0.29) is 18.2 Å². The van der Waals surface area contributed by atoms with Crippen LogP contribution in [0.25, 0.3) is 10.9 Å². The molecule has 0 radical (unpaired) electrons. The Labute approximate surface area is 157 Å². The monoisotopic (exact) mass is 427 g/mol. The highest BCUT2D eigenvalue weighted by atomic mass is 79.9. The number of ether oxygens (including phenoxy) is 1. The molecular formula is C17H26BrN3O3Si. The van der Waals surface area contributed by atoms with Gasteiger partial charge in [-0.1, -0.05) is 19.6 Å². The maximum Gasteiger partial charge on any atom is 0.274 e. The van der Waals surface area contributed by atoms with Crippen molar-refractivity contribution in [1.82, 2.24) is 14.5 Å². The lowest BCUT2D eigenvalue weighted by atomic mass is 10.3. The molecule has 1 amide bonds. The van der Waals surface area contributed by atoms with Crippen molar-refractivity contribution in [2.24, 2.45) is 7.05 Å². The van der Waals surface area contributed by atoms with E-state index in [0.717, 1.165) is 15.9 Å². The molecule has 1 N–H and O–H groups in total. The normalized spacial score (nSPS) is 11.9. The number of halogens is 1. The lowest BCUT2D eigenvalue weighted by molar-refractivity contribution is 0.0811. The molecule has 0 unspecified atom stereocenters. The van der Waals surface area contributed by atoms with Crippen molar-refractivity contribution in [3.63, 3.8) is 0 Å². The minimum absolute atomic E-state index is 0.150. The molecule has 0 aromatic carbocycles. The standard InChI is InChI=1S/C17H26BrN3O3Si/c1-6-19-16(22)14-9-12-13(18)10-20(2)17(23)15(12)21(14)11-24-7-8-25(3,4)5/h9-10H,6-8,11H2,1-5H3,(H,19,22). The van der Waals surface area contributed by atoms with Gasteiger partial charge in [-0.25, -0.2) is 0 Å². The number of pyridine rings is 1. The fourth-order valence-electron chi connectivity index (χ4n) is 2.53. The minimum Gasteiger partial charge on any atom is -0.361 e. The molecule has 0 fully saturated rings. The van der Waals surface area contributed by atoms with E-state index < -0.39 is 8.07 Å². The number of nitrogens with zero attached hydrogens (tertiary/aromatic N) is 2. The molecule has 0 saturated heterocycles. The van der Waals surface area contributed by atoms with Crippen LogP contribution in [0.1, 0.15) is 17.4 Å². The van der Waals surface area contributed by atoms with Gasteiger partial charge in [0.05, 0.1) is 0 Å². The Morgan fingerprint density at radius 3 is 2.64 bits per heavy atom. The van der Waals surface area contributed by atoms with E-state index in [2.05, 4.69) is 40.9 Å². The molecule has 2 aromatic heterocycles. The van der Waals surface area contributed by atoms with Crippen molar-refractivity contribution >= 4 is 40.8 Å². The van der Waals surface area contributed by atoms with Gasteiger partial charge in [-0.15, -0.1) is 0 Å². The van der Waals surface area contributed by atoms with Crippen molar-refractivity contribution in [3.8, 4) is 0 Å². The van der Waals surface area contributed by atoms with Gasteiger partial charge in [0.25, 0.3) is 11.5 Å². The number of hydrogen-bond acceptors (Lipinski definition) is 3. The molecule has 2 aromatic rings. The molecule has 0 saturated carbocycles. The second kappa shape index (κ2) is 7.88. The predicted molar refractivity (Wildman–Crippen MR) is 107 cm³/mol. The molecule has 0 aliphatic heterocycles. The molecular weight excluding hydrogens is 402 g/mol. The summed E-state index contributed by atoms with van der Waals surface area (Å²) < 4.78 is 9.78. The summed E-state index contributed by atoms with van der Waals surface area (Å²) in [5, 5.41) is 3.52. The molecule has 2 rings (SSSR count).